The Bertz CT molecular complexity index is 448. The Hall–Kier alpha value is -0.570. The smallest absolute Gasteiger partial charge is 0.0409 e. The largest absolute Gasteiger partial charge is 0.307 e. The number of nitrogens with one attached hydrogen (secondary N) is 1. The maximum atomic E-state index is 6.13. The van der Waals surface area contributed by atoms with Crippen LogP contribution in [0.15, 0.2) is 24.3 Å². The second kappa shape index (κ2) is 6.46. The summed E-state index contributed by atoms with van der Waals surface area (Å²) >= 11 is 6.13. The van der Waals surface area contributed by atoms with E-state index in [1.165, 1.54) is 44.3 Å². The van der Waals surface area contributed by atoms with Crippen molar-refractivity contribution in [2.45, 2.75) is 57.2 Å². The molecule has 110 valence electrons. The highest BCUT2D eigenvalue weighted by molar-refractivity contribution is 6.30. The van der Waals surface area contributed by atoms with Gasteiger partial charge in [0.25, 0.3) is 0 Å². The van der Waals surface area contributed by atoms with E-state index in [0.717, 1.165) is 17.5 Å². The van der Waals surface area contributed by atoms with Gasteiger partial charge in [0, 0.05) is 23.1 Å². The lowest BCUT2D eigenvalue weighted by atomic mass is 9.95. The van der Waals surface area contributed by atoms with Crippen LogP contribution in [0.25, 0.3) is 0 Å². The lowest BCUT2D eigenvalue weighted by molar-refractivity contribution is 0.160. The van der Waals surface area contributed by atoms with Gasteiger partial charge >= 0.3 is 0 Å². The van der Waals surface area contributed by atoms with Crippen molar-refractivity contribution in [3.8, 4) is 0 Å². The molecule has 3 atom stereocenters. The van der Waals surface area contributed by atoms with Crippen LogP contribution in [0, 0.1) is 0 Å². The van der Waals surface area contributed by atoms with Gasteiger partial charge in [0.05, 0.1) is 0 Å². The standard InChI is InChI=1S/C17H25ClN2/c1-2-17(13-5-3-6-14(18)11-13)19-15-8-10-20-9-4-7-16(20)12-15/h3,5-6,11,15-17,19H,2,4,7-10,12H2,1H3. The maximum absolute atomic E-state index is 6.13. The molecule has 0 amide bonds. The zero-order valence-electron chi connectivity index (χ0n) is 12.3. The topological polar surface area (TPSA) is 15.3 Å². The predicted molar refractivity (Wildman–Crippen MR) is 85.2 cm³/mol. The van der Waals surface area contributed by atoms with Gasteiger partial charge in [-0.3, -0.25) is 0 Å². The fourth-order valence-corrected chi connectivity index (χ4v) is 4.03. The average molecular weight is 293 g/mol. The molecule has 1 aromatic carbocycles. The Morgan fingerprint density at radius 3 is 3.05 bits per heavy atom. The molecule has 2 aliphatic heterocycles. The van der Waals surface area contributed by atoms with Crippen molar-refractivity contribution in [2.24, 2.45) is 0 Å². The van der Waals surface area contributed by atoms with Crippen molar-refractivity contribution < 1.29 is 0 Å². The molecule has 1 N–H and O–H groups in total. The van der Waals surface area contributed by atoms with Crippen molar-refractivity contribution in [2.75, 3.05) is 13.1 Å². The number of rotatable bonds is 4. The molecular weight excluding hydrogens is 268 g/mol. The molecule has 0 bridgehead atoms. The second-order valence-corrected chi connectivity index (χ2v) is 6.67. The maximum Gasteiger partial charge on any atom is 0.0409 e. The Labute approximate surface area is 127 Å². The third kappa shape index (κ3) is 3.19. The van der Waals surface area contributed by atoms with Gasteiger partial charge in [0.15, 0.2) is 0 Å². The van der Waals surface area contributed by atoms with Crippen LogP contribution in [0.5, 0.6) is 0 Å². The lowest BCUT2D eigenvalue weighted by Gasteiger charge is -2.37. The highest BCUT2D eigenvalue weighted by Gasteiger charge is 2.32. The van der Waals surface area contributed by atoms with E-state index in [-0.39, 0.29) is 0 Å². The molecule has 3 rings (SSSR count). The first-order valence-corrected chi connectivity index (χ1v) is 8.39. The Morgan fingerprint density at radius 2 is 2.25 bits per heavy atom. The summed E-state index contributed by atoms with van der Waals surface area (Å²) in [5, 5.41) is 4.72. The summed E-state index contributed by atoms with van der Waals surface area (Å²) in [7, 11) is 0. The molecule has 20 heavy (non-hydrogen) atoms. The van der Waals surface area contributed by atoms with E-state index < -0.39 is 0 Å². The van der Waals surface area contributed by atoms with Crippen LogP contribution in [0.3, 0.4) is 0 Å². The molecule has 0 spiro atoms. The third-order valence-corrected chi connectivity index (χ3v) is 5.15. The van der Waals surface area contributed by atoms with Gasteiger partial charge in [0.2, 0.25) is 0 Å². The Balaban J connectivity index is 1.63. The van der Waals surface area contributed by atoms with Gasteiger partial charge in [-0.1, -0.05) is 30.7 Å². The van der Waals surface area contributed by atoms with Crippen LogP contribution in [0.4, 0.5) is 0 Å². The van der Waals surface area contributed by atoms with Crippen LogP contribution in [-0.4, -0.2) is 30.1 Å². The number of benzene rings is 1. The van der Waals surface area contributed by atoms with E-state index in [2.05, 4.69) is 35.3 Å². The summed E-state index contributed by atoms with van der Waals surface area (Å²) in [5.41, 5.74) is 1.33. The number of piperidine rings is 1. The Kier molecular flexibility index (Phi) is 4.65. The zero-order valence-corrected chi connectivity index (χ0v) is 13.1. The molecule has 2 saturated heterocycles. The van der Waals surface area contributed by atoms with E-state index in [4.69, 9.17) is 11.6 Å². The molecule has 0 aliphatic carbocycles. The first-order valence-electron chi connectivity index (χ1n) is 8.02. The molecule has 0 aromatic heterocycles. The third-order valence-electron chi connectivity index (χ3n) is 4.92. The number of nitrogens with zero attached hydrogens (tertiary/aromatic N) is 1. The predicted octanol–water partition coefficient (Wildman–Crippen LogP) is 4.01. The Morgan fingerprint density at radius 1 is 1.35 bits per heavy atom. The highest BCUT2D eigenvalue weighted by atomic mass is 35.5. The van der Waals surface area contributed by atoms with Gasteiger partial charge in [-0.05, 0) is 62.9 Å². The molecule has 3 heteroatoms. The summed E-state index contributed by atoms with van der Waals surface area (Å²) in [6.45, 7) is 4.85. The normalized spacial score (nSPS) is 28.3. The zero-order chi connectivity index (χ0) is 13.9. The molecule has 1 aromatic rings. The minimum atomic E-state index is 0.437. The van der Waals surface area contributed by atoms with Crippen molar-refractivity contribution in [1.29, 1.82) is 0 Å². The van der Waals surface area contributed by atoms with Crippen molar-refractivity contribution in [3.63, 3.8) is 0 Å². The minimum absolute atomic E-state index is 0.437. The summed E-state index contributed by atoms with van der Waals surface area (Å²) < 4.78 is 0. The van der Waals surface area contributed by atoms with Crippen LogP contribution in [0.2, 0.25) is 5.02 Å². The average Bonchev–Trinajstić information content (AvgIpc) is 2.92. The van der Waals surface area contributed by atoms with Gasteiger partial charge < -0.3 is 10.2 Å². The van der Waals surface area contributed by atoms with E-state index in [9.17, 15) is 0 Å². The first-order chi connectivity index (χ1) is 9.76. The fourth-order valence-electron chi connectivity index (χ4n) is 3.83. The molecule has 2 aliphatic rings. The molecular formula is C17H25ClN2. The quantitative estimate of drug-likeness (QED) is 0.902. The van der Waals surface area contributed by atoms with Gasteiger partial charge in [-0.2, -0.15) is 0 Å². The first kappa shape index (κ1) is 14.4. The lowest BCUT2D eigenvalue weighted by Crippen LogP contribution is -2.46. The number of fused-ring (bicyclic) bond motifs is 1. The van der Waals surface area contributed by atoms with E-state index in [1.54, 1.807) is 0 Å². The van der Waals surface area contributed by atoms with E-state index >= 15 is 0 Å². The van der Waals surface area contributed by atoms with Gasteiger partial charge in [0.1, 0.15) is 0 Å². The monoisotopic (exact) mass is 292 g/mol. The van der Waals surface area contributed by atoms with E-state index in [1.807, 2.05) is 6.07 Å². The summed E-state index contributed by atoms with van der Waals surface area (Å²) in [5.74, 6) is 0. The van der Waals surface area contributed by atoms with Crippen molar-refractivity contribution >= 4 is 11.6 Å². The van der Waals surface area contributed by atoms with Crippen LogP contribution in [0.1, 0.15) is 50.6 Å². The van der Waals surface area contributed by atoms with E-state index in [0.29, 0.717) is 12.1 Å². The SMILES string of the molecule is CCC(NC1CCN2CCCC2C1)c1cccc(Cl)c1. The van der Waals surface area contributed by atoms with Crippen molar-refractivity contribution in [3.05, 3.63) is 34.9 Å². The summed E-state index contributed by atoms with van der Waals surface area (Å²) in [4.78, 5) is 2.68. The second-order valence-electron chi connectivity index (χ2n) is 6.24. The van der Waals surface area contributed by atoms with Crippen LogP contribution in [-0.2, 0) is 0 Å². The fraction of sp³-hybridized carbons (Fsp3) is 0.647. The molecule has 2 nitrogen and oxygen atoms in total. The molecule has 3 unspecified atom stereocenters. The summed E-state index contributed by atoms with van der Waals surface area (Å²) in [6.07, 6.45) is 6.50. The number of hydrogen-bond donors (Lipinski definition) is 1. The number of halogens is 1. The molecule has 2 fully saturated rings. The van der Waals surface area contributed by atoms with Crippen LogP contribution >= 0.6 is 11.6 Å². The number of hydrogen-bond acceptors (Lipinski definition) is 2. The van der Waals surface area contributed by atoms with Crippen LogP contribution < -0.4 is 5.32 Å². The highest BCUT2D eigenvalue weighted by Crippen LogP contribution is 2.29. The van der Waals surface area contributed by atoms with Gasteiger partial charge in [-0.25, -0.2) is 0 Å². The van der Waals surface area contributed by atoms with Crippen molar-refractivity contribution in [1.82, 2.24) is 10.2 Å². The minimum Gasteiger partial charge on any atom is -0.307 e. The molecule has 0 saturated carbocycles. The molecule has 0 radical (unpaired) electrons. The summed E-state index contributed by atoms with van der Waals surface area (Å²) in [6, 6.07) is 10.2. The molecule has 2 heterocycles. The van der Waals surface area contributed by atoms with Gasteiger partial charge in [-0.15, -0.1) is 0 Å².